The van der Waals surface area contributed by atoms with Crippen LogP contribution in [0.4, 0.5) is 0 Å². The summed E-state index contributed by atoms with van der Waals surface area (Å²) in [5.41, 5.74) is 4.24. The van der Waals surface area contributed by atoms with Crippen LogP contribution in [0.15, 0.2) is 30.3 Å². The van der Waals surface area contributed by atoms with Crippen LogP contribution in [0.2, 0.25) is 0 Å². The Morgan fingerprint density at radius 3 is 2.57 bits per heavy atom. The van der Waals surface area contributed by atoms with Gasteiger partial charge in [-0.05, 0) is 40.3 Å². The largest absolute Gasteiger partial charge is 0.122 e. The summed E-state index contributed by atoms with van der Waals surface area (Å²) in [5.74, 6) is 0.611. The molecule has 0 unspecified atom stereocenters. The standard InChI is InChI=1S/C13H11Cl/c14-8-11-7-6-10-5-4-9-2-1-3-12(11)13(9)10/h1-3,6-7H,4-5,8H2. The highest BCUT2D eigenvalue weighted by Gasteiger charge is 2.14. The summed E-state index contributed by atoms with van der Waals surface area (Å²) >= 11 is 5.93. The van der Waals surface area contributed by atoms with Crippen LogP contribution in [0.5, 0.6) is 0 Å². The molecule has 0 saturated heterocycles. The molecule has 0 radical (unpaired) electrons. The zero-order chi connectivity index (χ0) is 9.54. The Bertz CT molecular complexity index is 490. The van der Waals surface area contributed by atoms with E-state index in [0.29, 0.717) is 5.88 Å². The smallest absolute Gasteiger partial charge is 0.0480 e. The number of alkyl halides is 1. The topological polar surface area (TPSA) is 0 Å². The lowest BCUT2D eigenvalue weighted by Crippen LogP contribution is -1.84. The number of hydrogen-bond donors (Lipinski definition) is 0. The lowest BCUT2D eigenvalue weighted by Gasteiger charge is -2.05. The Labute approximate surface area is 88.5 Å². The van der Waals surface area contributed by atoms with Gasteiger partial charge in [-0.2, -0.15) is 0 Å². The third-order valence-corrected chi connectivity index (χ3v) is 3.40. The second-order valence-electron chi connectivity index (χ2n) is 3.86. The second kappa shape index (κ2) is 2.99. The Hall–Kier alpha value is -1.01. The first-order valence-electron chi connectivity index (χ1n) is 4.98. The van der Waals surface area contributed by atoms with E-state index >= 15 is 0 Å². The minimum Gasteiger partial charge on any atom is -0.122 e. The summed E-state index contributed by atoms with van der Waals surface area (Å²) in [6.07, 6.45) is 2.39. The molecule has 0 bridgehead atoms. The molecule has 0 saturated carbocycles. The number of halogens is 1. The fourth-order valence-electron chi connectivity index (χ4n) is 2.42. The van der Waals surface area contributed by atoms with E-state index in [4.69, 9.17) is 11.6 Å². The van der Waals surface area contributed by atoms with Crippen LogP contribution >= 0.6 is 11.6 Å². The van der Waals surface area contributed by atoms with Gasteiger partial charge in [-0.1, -0.05) is 30.3 Å². The summed E-state index contributed by atoms with van der Waals surface area (Å²) in [6, 6.07) is 11.0. The molecule has 0 N–H and O–H groups in total. The van der Waals surface area contributed by atoms with E-state index in [9.17, 15) is 0 Å². The highest BCUT2D eigenvalue weighted by Crippen LogP contribution is 2.33. The van der Waals surface area contributed by atoms with Crippen LogP contribution in [-0.4, -0.2) is 0 Å². The van der Waals surface area contributed by atoms with E-state index in [0.717, 1.165) is 0 Å². The first-order valence-corrected chi connectivity index (χ1v) is 5.52. The molecule has 0 fully saturated rings. The summed E-state index contributed by atoms with van der Waals surface area (Å²) in [6.45, 7) is 0. The lowest BCUT2D eigenvalue weighted by atomic mass is 10.0. The second-order valence-corrected chi connectivity index (χ2v) is 4.12. The van der Waals surface area contributed by atoms with E-state index in [1.54, 1.807) is 0 Å². The van der Waals surface area contributed by atoms with E-state index in [1.165, 1.54) is 40.3 Å². The predicted octanol–water partition coefficient (Wildman–Crippen LogP) is 3.68. The van der Waals surface area contributed by atoms with Crippen molar-refractivity contribution in [3.05, 3.63) is 47.0 Å². The molecule has 1 heteroatoms. The average molecular weight is 203 g/mol. The van der Waals surface area contributed by atoms with E-state index in [-0.39, 0.29) is 0 Å². The van der Waals surface area contributed by atoms with Gasteiger partial charge in [-0.3, -0.25) is 0 Å². The molecule has 0 aliphatic heterocycles. The van der Waals surface area contributed by atoms with Gasteiger partial charge in [0, 0.05) is 5.88 Å². The van der Waals surface area contributed by atoms with Crippen molar-refractivity contribution in [2.24, 2.45) is 0 Å². The number of rotatable bonds is 1. The molecule has 0 aromatic heterocycles. The molecular weight excluding hydrogens is 192 g/mol. The fourth-order valence-corrected chi connectivity index (χ4v) is 2.66. The van der Waals surface area contributed by atoms with Crippen LogP contribution in [-0.2, 0) is 18.7 Å². The van der Waals surface area contributed by atoms with Gasteiger partial charge in [0.2, 0.25) is 0 Å². The molecule has 70 valence electrons. The van der Waals surface area contributed by atoms with Gasteiger partial charge in [0.25, 0.3) is 0 Å². The highest BCUT2D eigenvalue weighted by molar-refractivity contribution is 6.18. The monoisotopic (exact) mass is 202 g/mol. The first kappa shape index (κ1) is 8.31. The minimum absolute atomic E-state index is 0.611. The molecule has 0 atom stereocenters. The van der Waals surface area contributed by atoms with Crippen LogP contribution in [0.3, 0.4) is 0 Å². The van der Waals surface area contributed by atoms with Crippen molar-refractivity contribution in [2.45, 2.75) is 18.7 Å². The third-order valence-electron chi connectivity index (χ3n) is 3.11. The van der Waals surface area contributed by atoms with E-state index in [2.05, 4.69) is 30.3 Å². The average Bonchev–Trinajstić information content (AvgIpc) is 2.65. The third kappa shape index (κ3) is 1.01. The van der Waals surface area contributed by atoms with Gasteiger partial charge >= 0.3 is 0 Å². The first-order chi connectivity index (χ1) is 6.90. The molecule has 0 spiro atoms. The Kier molecular flexibility index (Phi) is 1.78. The van der Waals surface area contributed by atoms with Gasteiger partial charge in [-0.15, -0.1) is 11.6 Å². The molecule has 14 heavy (non-hydrogen) atoms. The highest BCUT2D eigenvalue weighted by atomic mass is 35.5. The van der Waals surface area contributed by atoms with Crippen molar-refractivity contribution >= 4 is 22.4 Å². The van der Waals surface area contributed by atoms with Crippen LogP contribution < -0.4 is 0 Å². The summed E-state index contributed by atoms with van der Waals surface area (Å²) in [7, 11) is 0. The fraction of sp³-hybridized carbons (Fsp3) is 0.231. The van der Waals surface area contributed by atoms with Gasteiger partial charge in [-0.25, -0.2) is 0 Å². The van der Waals surface area contributed by atoms with Crippen molar-refractivity contribution in [1.82, 2.24) is 0 Å². The minimum atomic E-state index is 0.611. The zero-order valence-corrected chi connectivity index (χ0v) is 8.64. The van der Waals surface area contributed by atoms with E-state index < -0.39 is 0 Å². The van der Waals surface area contributed by atoms with Crippen molar-refractivity contribution in [3.63, 3.8) is 0 Å². The molecular formula is C13H11Cl. The van der Waals surface area contributed by atoms with Crippen molar-refractivity contribution in [3.8, 4) is 0 Å². The number of hydrogen-bond acceptors (Lipinski definition) is 0. The SMILES string of the molecule is ClCc1ccc2c3c(cccc13)CC2. The molecule has 1 aliphatic rings. The van der Waals surface area contributed by atoms with Crippen molar-refractivity contribution in [2.75, 3.05) is 0 Å². The number of benzene rings is 2. The lowest BCUT2D eigenvalue weighted by molar-refractivity contribution is 1.02. The Balaban J connectivity index is 2.48. The van der Waals surface area contributed by atoms with Gasteiger partial charge in [0.05, 0.1) is 0 Å². The zero-order valence-electron chi connectivity index (χ0n) is 7.89. The van der Waals surface area contributed by atoms with Gasteiger partial charge in [0.1, 0.15) is 0 Å². The number of aryl methyl sites for hydroxylation is 2. The summed E-state index contributed by atoms with van der Waals surface area (Å²) in [5, 5.41) is 2.82. The quantitative estimate of drug-likeness (QED) is 0.619. The molecule has 0 nitrogen and oxygen atoms in total. The van der Waals surface area contributed by atoms with Gasteiger partial charge < -0.3 is 0 Å². The van der Waals surface area contributed by atoms with Crippen LogP contribution in [0, 0.1) is 0 Å². The maximum absolute atomic E-state index is 5.93. The van der Waals surface area contributed by atoms with Crippen LogP contribution in [0.25, 0.3) is 10.8 Å². The van der Waals surface area contributed by atoms with Crippen molar-refractivity contribution in [1.29, 1.82) is 0 Å². The molecule has 3 rings (SSSR count). The van der Waals surface area contributed by atoms with Crippen LogP contribution in [0.1, 0.15) is 16.7 Å². The molecule has 0 amide bonds. The summed E-state index contributed by atoms with van der Waals surface area (Å²) in [4.78, 5) is 0. The molecule has 2 aromatic carbocycles. The molecule has 2 aromatic rings. The maximum atomic E-state index is 5.93. The van der Waals surface area contributed by atoms with Gasteiger partial charge in [0.15, 0.2) is 0 Å². The molecule has 1 aliphatic carbocycles. The Morgan fingerprint density at radius 2 is 1.79 bits per heavy atom. The molecule has 0 heterocycles. The Morgan fingerprint density at radius 1 is 1.00 bits per heavy atom. The normalized spacial score (nSPS) is 13.8. The van der Waals surface area contributed by atoms with Crippen molar-refractivity contribution < 1.29 is 0 Å². The van der Waals surface area contributed by atoms with E-state index in [1.807, 2.05) is 0 Å². The predicted molar refractivity (Wildman–Crippen MR) is 60.9 cm³/mol. The maximum Gasteiger partial charge on any atom is 0.0480 e. The summed E-state index contributed by atoms with van der Waals surface area (Å²) < 4.78 is 0.